The summed E-state index contributed by atoms with van der Waals surface area (Å²) >= 11 is 1.62. The highest BCUT2D eigenvalue weighted by molar-refractivity contribution is 7.13. The first-order chi connectivity index (χ1) is 9.48. The van der Waals surface area contributed by atoms with Gasteiger partial charge in [-0.05, 0) is 46.5 Å². The third kappa shape index (κ3) is 3.32. The third-order valence-corrected chi connectivity index (χ3v) is 4.65. The van der Waals surface area contributed by atoms with Crippen LogP contribution in [0.2, 0.25) is 0 Å². The summed E-state index contributed by atoms with van der Waals surface area (Å²) in [6.07, 6.45) is 2.67. The van der Waals surface area contributed by atoms with Crippen LogP contribution in [-0.4, -0.2) is 30.6 Å². The van der Waals surface area contributed by atoms with Crippen LogP contribution in [0.4, 0.5) is 5.13 Å². The number of carbonyl (C=O) groups is 1. The number of esters is 1. The van der Waals surface area contributed by atoms with Crippen molar-refractivity contribution in [1.82, 2.24) is 4.98 Å². The van der Waals surface area contributed by atoms with Crippen LogP contribution in [0.5, 0.6) is 0 Å². The summed E-state index contributed by atoms with van der Waals surface area (Å²) in [6, 6.07) is 0. The molecule has 1 aromatic heterocycles. The molecule has 0 N–H and O–H groups in total. The summed E-state index contributed by atoms with van der Waals surface area (Å²) in [5, 5.41) is 3.01. The number of hydrogen-bond donors (Lipinski definition) is 0. The van der Waals surface area contributed by atoms with Gasteiger partial charge < -0.3 is 9.64 Å². The molecule has 0 amide bonds. The van der Waals surface area contributed by atoms with Gasteiger partial charge >= 0.3 is 5.97 Å². The lowest BCUT2D eigenvalue weighted by molar-refractivity contribution is -0.148. The van der Waals surface area contributed by atoms with E-state index in [1.807, 2.05) is 26.2 Å². The number of anilines is 1. The maximum Gasteiger partial charge on any atom is 0.317 e. The zero-order valence-corrected chi connectivity index (χ0v) is 13.6. The van der Waals surface area contributed by atoms with Crippen molar-refractivity contribution in [3.63, 3.8) is 0 Å². The van der Waals surface area contributed by atoms with Gasteiger partial charge in [-0.3, -0.25) is 4.79 Å². The molecular formula is C15H24N2O2S. The van der Waals surface area contributed by atoms with Crippen molar-refractivity contribution in [3.05, 3.63) is 11.1 Å². The fourth-order valence-corrected chi connectivity index (χ4v) is 3.14. The summed E-state index contributed by atoms with van der Waals surface area (Å²) in [6.45, 7) is 10.2. The lowest BCUT2D eigenvalue weighted by atomic mass is 9.90. The minimum absolute atomic E-state index is 0.206. The van der Waals surface area contributed by atoms with Crippen LogP contribution in [0, 0.1) is 5.92 Å². The molecule has 0 bridgehead atoms. The average Bonchev–Trinajstić information content (AvgIpc) is 3.09. The van der Waals surface area contributed by atoms with E-state index in [-0.39, 0.29) is 5.97 Å². The van der Waals surface area contributed by atoms with Gasteiger partial charge in [0.15, 0.2) is 5.13 Å². The summed E-state index contributed by atoms with van der Waals surface area (Å²) in [5.74, 6) is 0.627. The lowest BCUT2D eigenvalue weighted by Gasteiger charge is -2.21. The van der Waals surface area contributed by atoms with E-state index >= 15 is 0 Å². The van der Waals surface area contributed by atoms with E-state index in [1.165, 1.54) is 12.8 Å². The van der Waals surface area contributed by atoms with Crippen molar-refractivity contribution in [2.24, 2.45) is 5.92 Å². The Labute approximate surface area is 125 Å². The van der Waals surface area contributed by atoms with Gasteiger partial charge in [0.25, 0.3) is 0 Å². The van der Waals surface area contributed by atoms with E-state index < -0.39 is 5.41 Å². The molecule has 1 saturated carbocycles. The summed E-state index contributed by atoms with van der Waals surface area (Å²) in [5.41, 5.74) is 0.134. The normalized spacial score (nSPS) is 15.2. The smallest absolute Gasteiger partial charge is 0.317 e. The highest BCUT2D eigenvalue weighted by atomic mass is 32.1. The molecule has 0 radical (unpaired) electrons. The number of aromatic nitrogens is 1. The van der Waals surface area contributed by atoms with Crippen LogP contribution >= 0.6 is 11.3 Å². The molecule has 0 aromatic carbocycles. The highest BCUT2D eigenvalue weighted by Gasteiger charge is 2.34. The largest absolute Gasteiger partial charge is 0.465 e. The van der Waals surface area contributed by atoms with E-state index in [0.717, 1.165) is 29.8 Å². The Balaban J connectivity index is 2.11. The van der Waals surface area contributed by atoms with Crippen molar-refractivity contribution in [2.45, 2.75) is 46.0 Å². The fraction of sp³-hybridized carbons (Fsp3) is 0.733. The van der Waals surface area contributed by atoms with Crippen molar-refractivity contribution in [3.8, 4) is 0 Å². The average molecular weight is 296 g/mol. The molecular weight excluding hydrogens is 272 g/mol. The molecule has 1 aliphatic rings. The van der Waals surface area contributed by atoms with E-state index in [1.54, 1.807) is 11.3 Å². The SMILES string of the molecule is CCOC(=O)C(C)(C)c1csc(N(CC)CC2CC2)n1. The van der Waals surface area contributed by atoms with Gasteiger partial charge in [-0.2, -0.15) is 0 Å². The number of thiazole rings is 1. The van der Waals surface area contributed by atoms with E-state index in [9.17, 15) is 4.79 Å². The Bertz CT molecular complexity index is 466. The van der Waals surface area contributed by atoms with Gasteiger partial charge in [0.2, 0.25) is 0 Å². The molecule has 112 valence electrons. The molecule has 5 heteroatoms. The predicted molar refractivity (Wildman–Crippen MR) is 82.4 cm³/mol. The number of rotatable bonds is 7. The van der Waals surface area contributed by atoms with Crippen molar-refractivity contribution in [1.29, 1.82) is 0 Å². The molecule has 0 aliphatic heterocycles. The maximum atomic E-state index is 12.0. The minimum Gasteiger partial charge on any atom is -0.465 e. The second-order valence-corrected chi connectivity index (χ2v) is 6.68. The van der Waals surface area contributed by atoms with Gasteiger partial charge in [-0.25, -0.2) is 4.98 Å². The van der Waals surface area contributed by atoms with E-state index in [0.29, 0.717) is 6.61 Å². The van der Waals surface area contributed by atoms with Gasteiger partial charge in [0.05, 0.1) is 12.3 Å². The van der Waals surface area contributed by atoms with Crippen molar-refractivity contribution >= 4 is 22.4 Å². The Morgan fingerprint density at radius 3 is 2.75 bits per heavy atom. The lowest BCUT2D eigenvalue weighted by Crippen LogP contribution is -2.32. The molecule has 4 nitrogen and oxygen atoms in total. The maximum absolute atomic E-state index is 12.0. The monoisotopic (exact) mass is 296 g/mol. The second-order valence-electron chi connectivity index (χ2n) is 5.84. The number of carbonyl (C=O) groups excluding carboxylic acids is 1. The molecule has 0 spiro atoms. The molecule has 2 rings (SSSR count). The number of ether oxygens (including phenoxy) is 1. The fourth-order valence-electron chi connectivity index (χ4n) is 2.07. The highest BCUT2D eigenvalue weighted by Crippen LogP contribution is 2.34. The van der Waals surface area contributed by atoms with E-state index in [4.69, 9.17) is 4.74 Å². The first-order valence-corrected chi connectivity index (χ1v) is 8.25. The summed E-state index contributed by atoms with van der Waals surface area (Å²) < 4.78 is 5.14. The minimum atomic E-state index is -0.677. The quantitative estimate of drug-likeness (QED) is 0.725. The number of nitrogens with zero attached hydrogens (tertiary/aromatic N) is 2. The van der Waals surface area contributed by atoms with Crippen molar-refractivity contribution < 1.29 is 9.53 Å². The van der Waals surface area contributed by atoms with Crippen LogP contribution in [0.15, 0.2) is 5.38 Å². The molecule has 0 unspecified atom stereocenters. The molecule has 1 fully saturated rings. The van der Waals surface area contributed by atoms with Crippen LogP contribution in [0.25, 0.3) is 0 Å². The zero-order chi connectivity index (χ0) is 14.8. The molecule has 1 aromatic rings. The zero-order valence-electron chi connectivity index (χ0n) is 12.8. The van der Waals surface area contributed by atoms with Crippen LogP contribution in [0.3, 0.4) is 0 Å². The topological polar surface area (TPSA) is 42.4 Å². The van der Waals surface area contributed by atoms with Gasteiger partial charge in [-0.15, -0.1) is 11.3 Å². The Hall–Kier alpha value is -1.10. The Kier molecular flexibility index (Phi) is 4.68. The molecule has 0 saturated heterocycles. The Morgan fingerprint density at radius 2 is 2.20 bits per heavy atom. The summed E-state index contributed by atoms with van der Waals surface area (Å²) in [4.78, 5) is 19.0. The van der Waals surface area contributed by atoms with Gasteiger partial charge in [-0.1, -0.05) is 0 Å². The van der Waals surface area contributed by atoms with Crippen LogP contribution in [-0.2, 0) is 14.9 Å². The number of hydrogen-bond acceptors (Lipinski definition) is 5. The van der Waals surface area contributed by atoms with Crippen LogP contribution in [0.1, 0.15) is 46.2 Å². The van der Waals surface area contributed by atoms with Crippen LogP contribution < -0.4 is 4.90 Å². The van der Waals surface area contributed by atoms with Gasteiger partial charge in [0, 0.05) is 18.5 Å². The first-order valence-electron chi connectivity index (χ1n) is 7.37. The molecule has 20 heavy (non-hydrogen) atoms. The molecule has 1 aliphatic carbocycles. The Morgan fingerprint density at radius 1 is 1.50 bits per heavy atom. The first kappa shape index (κ1) is 15.3. The van der Waals surface area contributed by atoms with Gasteiger partial charge in [0.1, 0.15) is 5.41 Å². The second kappa shape index (κ2) is 6.12. The predicted octanol–water partition coefficient (Wildman–Crippen LogP) is 3.22. The van der Waals surface area contributed by atoms with E-state index in [2.05, 4.69) is 16.8 Å². The summed E-state index contributed by atoms with van der Waals surface area (Å²) in [7, 11) is 0. The third-order valence-electron chi connectivity index (χ3n) is 3.75. The van der Waals surface area contributed by atoms with Crippen molar-refractivity contribution in [2.75, 3.05) is 24.6 Å². The molecule has 1 heterocycles. The standard InChI is InChI=1S/C15H24N2O2S/c1-5-17(9-11-7-8-11)14-16-12(10-20-14)15(3,4)13(18)19-6-2/h10-11H,5-9H2,1-4H3. The molecule has 0 atom stereocenters.